The number of nitrogen functional groups attached to an aromatic ring is 1. The zero-order valence-corrected chi connectivity index (χ0v) is 11.3. The maximum atomic E-state index is 12.7. The summed E-state index contributed by atoms with van der Waals surface area (Å²) < 4.78 is 65.3. The van der Waals surface area contributed by atoms with Crippen LogP contribution in [0.25, 0.3) is 0 Å². The van der Waals surface area contributed by atoms with Gasteiger partial charge in [-0.2, -0.15) is 25.9 Å². The van der Waals surface area contributed by atoms with Gasteiger partial charge in [0.25, 0.3) is 0 Å². The van der Waals surface area contributed by atoms with E-state index >= 15 is 0 Å². The van der Waals surface area contributed by atoms with Crippen molar-refractivity contribution in [1.29, 1.82) is 0 Å². The maximum absolute atomic E-state index is 12.7. The van der Waals surface area contributed by atoms with Crippen LogP contribution >= 0.6 is 0 Å². The van der Waals surface area contributed by atoms with Crippen molar-refractivity contribution in [2.45, 2.75) is 19.0 Å². The zero-order valence-electron chi connectivity index (χ0n) is 10.4. The first-order valence-electron chi connectivity index (χ1n) is 5.95. The summed E-state index contributed by atoms with van der Waals surface area (Å²) in [6.45, 7) is 0.743. The van der Waals surface area contributed by atoms with Crippen molar-refractivity contribution in [2.75, 3.05) is 23.5 Å². The van der Waals surface area contributed by atoms with Gasteiger partial charge in [0, 0.05) is 18.8 Å². The molecule has 0 unspecified atom stereocenters. The van der Waals surface area contributed by atoms with Crippen LogP contribution in [-0.4, -0.2) is 25.8 Å². The molecular formula is C11H14F3N3O2S. The van der Waals surface area contributed by atoms with Gasteiger partial charge in [-0.1, -0.05) is 0 Å². The SMILES string of the molecule is Nc1ccc(NS(=O)(=O)N2CCCC2)cc1C(F)(F)F. The number of rotatable bonds is 3. The van der Waals surface area contributed by atoms with Crippen molar-refractivity contribution >= 4 is 21.6 Å². The largest absolute Gasteiger partial charge is 0.418 e. The van der Waals surface area contributed by atoms with Gasteiger partial charge in [-0.05, 0) is 31.0 Å². The summed E-state index contributed by atoms with van der Waals surface area (Å²) in [5.74, 6) is 0. The summed E-state index contributed by atoms with van der Waals surface area (Å²) in [7, 11) is -3.81. The normalized spacial score (nSPS) is 17.4. The third-order valence-electron chi connectivity index (χ3n) is 3.01. The lowest BCUT2D eigenvalue weighted by Crippen LogP contribution is -2.33. The molecule has 20 heavy (non-hydrogen) atoms. The molecule has 0 atom stereocenters. The second-order valence-corrected chi connectivity index (χ2v) is 6.18. The van der Waals surface area contributed by atoms with Crippen molar-refractivity contribution in [1.82, 2.24) is 4.31 Å². The third kappa shape index (κ3) is 3.15. The Labute approximate surface area is 114 Å². The standard InChI is InChI=1S/C11H14F3N3O2S/c12-11(13,14)9-7-8(3-4-10(9)15)16-20(18,19)17-5-1-2-6-17/h3-4,7,16H,1-2,5-6,15H2. The predicted molar refractivity (Wildman–Crippen MR) is 69.2 cm³/mol. The molecule has 3 N–H and O–H groups in total. The van der Waals surface area contributed by atoms with Gasteiger partial charge in [0.2, 0.25) is 0 Å². The first-order chi connectivity index (χ1) is 9.20. The molecule has 1 aromatic rings. The molecule has 1 fully saturated rings. The minimum Gasteiger partial charge on any atom is -0.398 e. The number of nitrogens with one attached hydrogen (secondary N) is 1. The van der Waals surface area contributed by atoms with E-state index in [1.807, 2.05) is 0 Å². The number of hydrogen-bond acceptors (Lipinski definition) is 3. The highest BCUT2D eigenvalue weighted by atomic mass is 32.2. The minimum absolute atomic E-state index is 0.154. The van der Waals surface area contributed by atoms with Gasteiger partial charge in [-0.15, -0.1) is 0 Å². The Bertz CT molecular complexity index is 595. The molecule has 5 nitrogen and oxygen atoms in total. The fraction of sp³-hybridized carbons (Fsp3) is 0.455. The molecule has 112 valence electrons. The lowest BCUT2D eigenvalue weighted by Gasteiger charge is -2.18. The average molecular weight is 309 g/mol. The number of benzene rings is 1. The van der Waals surface area contributed by atoms with E-state index in [0.29, 0.717) is 19.2 Å². The van der Waals surface area contributed by atoms with Gasteiger partial charge in [0.15, 0.2) is 0 Å². The number of alkyl halides is 3. The molecule has 0 aliphatic carbocycles. The van der Waals surface area contributed by atoms with Crippen molar-refractivity contribution in [3.63, 3.8) is 0 Å². The monoisotopic (exact) mass is 309 g/mol. The summed E-state index contributed by atoms with van der Waals surface area (Å²) >= 11 is 0. The Hall–Kier alpha value is -1.48. The zero-order chi connectivity index (χ0) is 15.0. The van der Waals surface area contributed by atoms with Crippen molar-refractivity contribution in [3.05, 3.63) is 23.8 Å². The van der Waals surface area contributed by atoms with Crippen LogP contribution in [0.15, 0.2) is 18.2 Å². The Balaban J connectivity index is 2.26. The first-order valence-corrected chi connectivity index (χ1v) is 7.39. The van der Waals surface area contributed by atoms with Crippen LogP contribution in [0.3, 0.4) is 0 Å². The van der Waals surface area contributed by atoms with Crippen LogP contribution in [0.5, 0.6) is 0 Å². The molecule has 1 saturated heterocycles. The van der Waals surface area contributed by atoms with Gasteiger partial charge in [0.1, 0.15) is 0 Å². The smallest absolute Gasteiger partial charge is 0.398 e. The Morgan fingerprint density at radius 2 is 1.80 bits per heavy atom. The molecule has 0 bridgehead atoms. The van der Waals surface area contributed by atoms with E-state index in [0.717, 1.165) is 18.9 Å². The van der Waals surface area contributed by atoms with Crippen LogP contribution in [0.4, 0.5) is 24.5 Å². The summed E-state index contributed by atoms with van der Waals surface area (Å²) in [5, 5.41) is 0. The topological polar surface area (TPSA) is 75.4 Å². The fourth-order valence-electron chi connectivity index (χ4n) is 2.01. The quantitative estimate of drug-likeness (QED) is 0.839. The number of hydrogen-bond donors (Lipinski definition) is 2. The summed E-state index contributed by atoms with van der Waals surface area (Å²) in [6, 6.07) is 2.94. The van der Waals surface area contributed by atoms with Crippen LogP contribution in [0.1, 0.15) is 18.4 Å². The molecule has 1 aromatic carbocycles. The van der Waals surface area contributed by atoms with Crippen molar-refractivity contribution in [3.8, 4) is 0 Å². The van der Waals surface area contributed by atoms with Crippen molar-refractivity contribution in [2.24, 2.45) is 0 Å². The number of nitrogens with two attached hydrogens (primary N) is 1. The first kappa shape index (κ1) is 14.9. The average Bonchev–Trinajstić information content (AvgIpc) is 2.84. The molecular weight excluding hydrogens is 295 g/mol. The number of anilines is 2. The molecule has 0 amide bonds. The number of halogens is 3. The minimum atomic E-state index is -4.63. The molecule has 0 radical (unpaired) electrons. The molecule has 2 rings (SSSR count). The second-order valence-electron chi connectivity index (χ2n) is 4.51. The Kier molecular flexibility index (Phi) is 3.83. The Morgan fingerprint density at radius 1 is 1.20 bits per heavy atom. The van der Waals surface area contributed by atoms with E-state index < -0.39 is 27.6 Å². The van der Waals surface area contributed by atoms with E-state index in [4.69, 9.17) is 5.73 Å². The van der Waals surface area contributed by atoms with E-state index in [1.54, 1.807) is 0 Å². The maximum Gasteiger partial charge on any atom is 0.418 e. The van der Waals surface area contributed by atoms with Crippen LogP contribution in [0.2, 0.25) is 0 Å². The lowest BCUT2D eigenvalue weighted by atomic mass is 10.1. The second kappa shape index (κ2) is 5.13. The molecule has 1 aliphatic heterocycles. The lowest BCUT2D eigenvalue weighted by molar-refractivity contribution is -0.136. The highest BCUT2D eigenvalue weighted by Gasteiger charge is 2.33. The third-order valence-corrected chi connectivity index (χ3v) is 4.55. The van der Waals surface area contributed by atoms with Gasteiger partial charge in [-0.25, -0.2) is 0 Å². The van der Waals surface area contributed by atoms with Gasteiger partial charge < -0.3 is 5.73 Å². The van der Waals surface area contributed by atoms with E-state index in [2.05, 4.69) is 4.72 Å². The van der Waals surface area contributed by atoms with Gasteiger partial charge in [-0.3, -0.25) is 4.72 Å². The van der Waals surface area contributed by atoms with E-state index in [9.17, 15) is 21.6 Å². The molecule has 1 heterocycles. The molecule has 0 spiro atoms. The molecule has 9 heteroatoms. The molecule has 0 saturated carbocycles. The highest BCUT2D eigenvalue weighted by molar-refractivity contribution is 7.90. The summed E-state index contributed by atoms with van der Waals surface area (Å²) in [5.41, 5.74) is 3.60. The highest BCUT2D eigenvalue weighted by Crippen LogP contribution is 2.35. The van der Waals surface area contributed by atoms with Crippen LogP contribution in [-0.2, 0) is 16.4 Å². The van der Waals surface area contributed by atoms with Crippen molar-refractivity contribution < 1.29 is 21.6 Å². The number of nitrogens with zero attached hydrogens (tertiary/aromatic N) is 1. The van der Waals surface area contributed by atoms with Crippen LogP contribution in [0, 0.1) is 0 Å². The Morgan fingerprint density at radius 3 is 2.35 bits per heavy atom. The van der Waals surface area contributed by atoms with E-state index in [1.165, 1.54) is 10.4 Å². The predicted octanol–water partition coefficient (Wildman–Crippen LogP) is 2.04. The van der Waals surface area contributed by atoms with E-state index in [-0.39, 0.29) is 5.69 Å². The molecule has 0 aromatic heterocycles. The fourth-order valence-corrected chi connectivity index (χ4v) is 3.30. The summed E-state index contributed by atoms with van der Waals surface area (Å²) in [4.78, 5) is 0. The van der Waals surface area contributed by atoms with Crippen LogP contribution < -0.4 is 10.5 Å². The van der Waals surface area contributed by atoms with Gasteiger partial charge in [0.05, 0.1) is 11.3 Å². The molecule has 1 aliphatic rings. The van der Waals surface area contributed by atoms with Gasteiger partial charge >= 0.3 is 16.4 Å². The summed E-state index contributed by atoms with van der Waals surface area (Å²) in [6.07, 6.45) is -3.13.